The Hall–Kier alpha value is -2.39. The second-order valence-corrected chi connectivity index (χ2v) is 11.4. The molecule has 0 fully saturated rings. The topological polar surface area (TPSA) is 37.9 Å². The monoisotopic (exact) mass is 458 g/mol. The second kappa shape index (κ2) is 9.34. The third kappa shape index (κ3) is 3.55. The standard InChI is InChI=1S/C16H20N2.C15H22O/c1-10(2)16(11(3)4)14-8-6-5-7-12(14)13-9-17-18-15(13)16;1-11(2)15(12(3)4)10-16-9-13-7-5-6-8-14(13)15/h5-11H,1-4H3,(H,17,18);5-8,11-12H,9-10H2,1-4H3. The maximum absolute atomic E-state index is 5.83. The Kier molecular flexibility index (Phi) is 6.79. The van der Waals surface area contributed by atoms with E-state index in [-0.39, 0.29) is 10.8 Å². The minimum Gasteiger partial charge on any atom is -0.376 e. The minimum absolute atomic E-state index is 0.0719. The molecule has 0 atom stereocenters. The van der Waals surface area contributed by atoms with E-state index < -0.39 is 0 Å². The molecule has 1 aliphatic carbocycles. The van der Waals surface area contributed by atoms with E-state index in [1.165, 1.54) is 33.5 Å². The number of H-pyrrole nitrogens is 1. The highest BCUT2D eigenvalue weighted by Gasteiger charge is 2.49. The molecule has 0 saturated heterocycles. The van der Waals surface area contributed by atoms with Gasteiger partial charge in [0.25, 0.3) is 0 Å². The normalized spacial score (nSPS) is 17.4. The van der Waals surface area contributed by atoms with Gasteiger partial charge in [-0.25, -0.2) is 0 Å². The zero-order valence-electron chi connectivity index (χ0n) is 22.3. The van der Waals surface area contributed by atoms with E-state index in [2.05, 4.69) is 114 Å². The van der Waals surface area contributed by atoms with Crippen LogP contribution in [0.5, 0.6) is 0 Å². The number of benzene rings is 2. The molecule has 0 bridgehead atoms. The average Bonchev–Trinajstić information content (AvgIpc) is 3.38. The highest BCUT2D eigenvalue weighted by Crippen LogP contribution is 2.55. The van der Waals surface area contributed by atoms with Gasteiger partial charge < -0.3 is 4.74 Å². The van der Waals surface area contributed by atoms with Gasteiger partial charge in [0.15, 0.2) is 0 Å². The summed E-state index contributed by atoms with van der Waals surface area (Å²) in [5, 5.41) is 7.55. The number of hydrogen-bond donors (Lipinski definition) is 1. The molecule has 2 aromatic carbocycles. The van der Waals surface area contributed by atoms with Crippen LogP contribution in [-0.2, 0) is 22.2 Å². The lowest BCUT2D eigenvalue weighted by atomic mass is 9.63. The van der Waals surface area contributed by atoms with Crippen LogP contribution in [0.1, 0.15) is 77.8 Å². The van der Waals surface area contributed by atoms with Crippen LogP contribution in [0.25, 0.3) is 11.1 Å². The third-order valence-corrected chi connectivity index (χ3v) is 8.72. The Labute approximate surface area is 206 Å². The Morgan fingerprint density at radius 2 is 1.32 bits per heavy atom. The lowest BCUT2D eigenvalue weighted by molar-refractivity contribution is 0.00836. The molecular formula is C31H42N2O. The van der Waals surface area contributed by atoms with E-state index in [1.807, 2.05) is 6.20 Å². The molecule has 0 radical (unpaired) electrons. The quantitative estimate of drug-likeness (QED) is 0.434. The first-order valence-electron chi connectivity index (χ1n) is 13.0. The lowest BCUT2D eigenvalue weighted by Gasteiger charge is -2.45. The fourth-order valence-electron chi connectivity index (χ4n) is 7.01. The Balaban J connectivity index is 0.000000162. The van der Waals surface area contributed by atoms with Crippen molar-refractivity contribution in [3.8, 4) is 11.1 Å². The SMILES string of the molecule is CC(C)C1(C(C)C)COCc2ccccc21.CC(C)C1(C(C)C)c2ccccc2-c2cn[nH]c21. The molecule has 0 spiro atoms. The number of aromatic amines is 1. The van der Waals surface area contributed by atoms with Crippen molar-refractivity contribution in [2.24, 2.45) is 23.7 Å². The molecule has 3 nitrogen and oxygen atoms in total. The summed E-state index contributed by atoms with van der Waals surface area (Å²) < 4.78 is 5.83. The summed E-state index contributed by atoms with van der Waals surface area (Å²) in [6, 6.07) is 17.5. The van der Waals surface area contributed by atoms with E-state index in [0.717, 1.165) is 13.2 Å². The molecule has 0 unspecified atom stereocenters. The summed E-state index contributed by atoms with van der Waals surface area (Å²) in [6.45, 7) is 20.1. The number of aromatic nitrogens is 2. The minimum atomic E-state index is 0.0719. The Morgan fingerprint density at radius 1 is 0.735 bits per heavy atom. The molecule has 3 aromatic rings. The lowest BCUT2D eigenvalue weighted by Crippen LogP contribution is -2.45. The van der Waals surface area contributed by atoms with Crippen LogP contribution in [0.2, 0.25) is 0 Å². The summed E-state index contributed by atoms with van der Waals surface area (Å²) in [6.07, 6.45) is 1.97. The van der Waals surface area contributed by atoms with E-state index in [9.17, 15) is 0 Å². The molecule has 1 aromatic heterocycles. The molecule has 1 N–H and O–H groups in total. The second-order valence-electron chi connectivity index (χ2n) is 11.4. The zero-order valence-corrected chi connectivity index (χ0v) is 22.3. The summed E-state index contributed by atoms with van der Waals surface area (Å²) in [5.74, 6) is 2.30. The van der Waals surface area contributed by atoms with Crippen molar-refractivity contribution in [1.29, 1.82) is 0 Å². The number of hydrogen-bond acceptors (Lipinski definition) is 2. The summed E-state index contributed by atoms with van der Waals surface area (Å²) in [5.41, 5.74) is 8.53. The van der Waals surface area contributed by atoms with Gasteiger partial charge in [0.1, 0.15) is 0 Å². The van der Waals surface area contributed by atoms with Crippen LogP contribution in [0.3, 0.4) is 0 Å². The van der Waals surface area contributed by atoms with Gasteiger partial charge in [-0.1, -0.05) is 104 Å². The van der Waals surface area contributed by atoms with E-state index >= 15 is 0 Å². The van der Waals surface area contributed by atoms with Crippen molar-refractivity contribution in [1.82, 2.24) is 10.2 Å². The van der Waals surface area contributed by atoms with Gasteiger partial charge in [0, 0.05) is 16.4 Å². The Bertz CT molecular complexity index is 1110. The van der Waals surface area contributed by atoms with Crippen molar-refractivity contribution < 1.29 is 4.74 Å². The van der Waals surface area contributed by atoms with Crippen LogP contribution in [0, 0.1) is 23.7 Å². The first-order valence-corrected chi connectivity index (χ1v) is 13.0. The molecule has 1 aliphatic heterocycles. The molecule has 2 heterocycles. The number of nitrogens with one attached hydrogen (secondary N) is 1. The van der Waals surface area contributed by atoms with Gasteiger partial charge in [-0.2, -0.15) is 5.10 Å². The fraction of sp³-hybridized carbons (Fsp3) is 0.516. The van der Waals surface area contributed by atoms with Crippen LogP contribution in [0.15, 0.2) is 54.7 Å². The van der Waals surface area contributed by atoms with Gasteiger partial charge in [0.05, 0.1) is 25.1 Å². The first kappa shape index (κ1) is 24.7. The van der Waals surface area contributed by atoms with Gasteiger partial charge >= 0.3 is 0 Å². The zero-order chi connectivity index (χ0) is 24.7. The van der Waals surface area contributed by atoms with Gasteiger partial charge in [-0.15, -0.1) is 0 Å². The third-order valence-electron chi connectivity index (χ3n) is 8.72. The highest BCUT2D eigenvalue weighted by molar-refractivity contribution is 5.79. The number of nitrogens with zero attached hydrogens (tertiary/aromatic N) is 1. The van der Waals surface area contributed by atoms with Crippen molar-refractivity contribution in [3.63, 3.8) is 0 Å². The first-order chi connectivity index (χ1) is 16.2. The van der Waals surface area contributed by atoms with Crippen molar-refractivity contribution in [2.75, 3.05) is 6.61 Å². The van der Waals surface area contributed by atoms with Crippen molar-refractivity contribution in [3.05, 3.63) is 77.1 Å². The van der Waals surface area contributed by atoms with Crippen LogP contribution in [0.4, 0.5) is 0 Å². The molecular weight excluding hydrogens is 416 g/mol. The molecule has 5 rings (SSSR count). The molecule has 3 heteroatoms. The van der Waals surface area contributed by atoms with Crippen molar-refractivity contribution in [2.45, 2.75) is 72.8 Å². The summed E-state index contributed by atoms with van der Waals surface area (Å²) in [4.78, 5) is 0. The number of rotatable bonds is 4. The van der Waals surface area contributed by atoms with E-state index in [0.29, 0.717) is 23.7 Å². The molecule has 182 valence electrons. The van der Waals surface area contributed by atoms with Gasteiger partial charge in [-0.05, 0) is 45.9 Å². The van der Waals surface area contributed by atoms with E-state index in [1.54, 1.807) is 0 Å². The predicted molar refractivity (Wildman–Crippen MR) is 142 cm³/mol. The molecule has 34 heavy (non-hydrogen) atoms. The molecule has 0 amide bonds. The number of ether oxygens (including phenoxy) is 1. The van der Waals surface area contributed by atoms with Crippen LogP contribution >= 0.6 is 0 Å². The smallest absolute Gasteiger partial charge is 0.0720 e. The largest absolute Gasteiger partial charge is 0.376 e. The maximum atomic E-state index is 5.83. The molecule has 0 saturated carbocycles. The summed E-state index contributed by atoms with van der Waals surface area (Å²) in [7, 11) is 0. The maximum Gasteiger partial charge on any atom is 0.0720 e. The van der Waals surface area contributed by atoms with Crippen LogP contribution < -0.4 is 0 Å². The Morgan fingerprint density at radius 3 is 1.94 bits per heavy atom. The van der Waals surface area contributed by atoms with Crippen LogP contribution in [-0.4, -0.2) is 16.8 Å². The summed E-state index contributed by atoms with van der Waals surface area (Å²) >= 11 is 0. The highest BCUT2D eigenvalue weighted by atomic mass is 16.5. The average molecular weight is 459 g/mol. The van der Waals surface area contributed by atoms with Gasteiger partial charge in [-0.3, -0.25) is 5.10 Å². The predicted octanol–water partition coefficient (Wildman–Crippen LogP) is 7.75. The van der Waals surface area contributed by atoms with Gasteiger partial charge in [0.2, 0.25) is 0 Å². The van der Waals surface area contributed by atoms with E-state index in [4.69, 9.17) is 4.74 Å². The number of fused-ring (bicyclic) bond motifs is 4. The van der Waals surface area contributed by atoms with Crippen molar-refractivity contribution >= 4 is 0 Å². The molecule has 2 aliphatic rings. The fourth-order valence-corrected chi connectivity index (χ4v) is 7.01.